The second kappa shape index (κ2) is 5.44. The third kappa shape index (κ3) is 2.82. The average molecular weight is 223 g/mol. The fraction of sp³-hybridized carbons (Fsp3) is 0.188. The van der Waals surface area contributed by atoms with E-state index in [4.69, 9.17) is 0 Å². The highest BCUT2D eigenvalue weighted by Crippen LogP contribution is 2.14. The Hall–Kier alpha value is -1.89. The van der Waals surface area contributed by atoms with Gasteiger partial charge >= 0.3 is 0 Å². The van der Waals surface area contributed by atoms with Gasteiger partial charge in [0.2, 0.25) is 0 Å². The highest BCUT2D eigenvalue weighted by molar-refractivity contribution is 5.72. The lowest BCUT2D eigenvalue weighted by Gasteiger charge is -2.02. The van der Waals surface area contributed by atoms with Crippen molar-refractivity contribution in [1.82, 2.24) is 4.98 Å². The molecule has 2 aromatic rings. The van der Waals surface area contributed by atoms with E-state index in [2.05, 4.69) is 61.3 Å². The number of pyridine rings is 1. The highest BCUT2D eigenvalue weighted by atomic mass is 14.6. The van der Waals surface area contributed by atoms with Gasteiger partial charge in [0.15, 0.2) is 0 Å². The first-order valence-corrected chi connectivity index (χ1v) is 5.98. The minimum Gasteiger partial charge on any atom is -0.264 e. The third-order valence-electron chi connectivity index (χ3n) is 2.95. The van der Waals surface area contributed by atoms with E-state index >= 15 is 0 Å². The number of rotatable bonds is 3. The predicted molar refractivity (Wildman–Crippen MR) is 73.7 cm³/mol. The van der Waals surface area contributed by atoms with Gasteiger partial charge in [-0.2, -0.15) is 0 Å². The van der Waals surface area contributed by atoms with Crippen LogP contribution in [0.15, 0.2) is 42.7 Å². The van der Waals surface area contributed by atoms with Crippen LogP contribution in [0.2, 0.25) is 0 Å². The number of benzene rings is 1. The van der Waals surface area contributed by atoms with E-state index in [-0.39, 0.29) is 0 Å². The van der Waals surface area contributed by atoms with E-state index in [1.807, 2.05) is 12.4 Å². The van der Waals surface area contributed by atoms with E-state index in [1.54, 1.807) is 0 Å². The minimum atomic E-state index is 1.02. The molecule has 0 N–H and O–H groups in total. The molecule has 0 aliphatic rings. The molecule has 0 bridgehead atoms. The van der Waals surface area contributed by atoms with Crippen molar-refractivity contribution < 1.29 is 0 Å². The van der Waals surface area contributed by atoms with Crippen LogP contribution in [-0.4, -0.2) is 4.98 Å². The maximum Gasteiger partial charge on any atom is 0.0305 e. The molecule has 1 aromatic heterocycles. The van der Waals surface area contributed by atoms with Crippen molar-refractivity contribution in [3.63, 3.8) is 0 Å². The molecule has 86 valence electrons. The van der Waals surface area contributed by atoms with Crippen molar-refractivity contribution in [3.05, 3.63) is 65.0 Å². The summed E-state index contributed by atoms with van der Waals surface area (Å²) >= 11 is 0. The van der Waals surface area contributed by atoms with Gasteiger partial charge in [0.05, 0.1) is 0 Å². The summed E-state index contributed by atoms with van der Waals surface area (Å²) in [5, 5.41) is 0. The summed E-state index contributed by atoms with van der Waals surface area (Å²) in [5.41, 5.74) is 5.12. The van der Waals surface area contributed by atoms with Crippen molar-refractivity contribution in [2.45, 2.75) is 20.3 Å². The Morgan fingerprint density at radius 2 is 1.82 bits per heavy atom. The lowest BCUT2D eigenvalue weighted by molar-refractivity contribution is 1.10. The van der Waals surface area contributed by atoms with Crippen molar-refractivity contribution >= 4 is 12.2 Å². The molecule has 0 aliphatic heterocycles. The first kappa shape index (κ1) is 11.6. The summed E-state index contributed by atoms with van der Waals surface area (Å²) in [6.07, 6.45) is 9.14. The lowest BCUT2D eigenvalue weighted by atomic mass is 10.0. The fourth-order valence-electron chi connectivity index (χ4n) is 1.85. The molecule has 0 saturated heterocycles. The third-order valence-corrected chi connectivity index (χ3v) is 2.95. The summed E-state index contributed by atoms with van der Waals surface area (Å²) in [7, 11) is 0. The molecule has 1 heteroatoms. The van der Waals surface area contributed by atoms with E-state index in [1.165, 1.54) is 22.3 Å². The molecule has 0 spiro atoms. The predicted octanol–water partition coefficient (Wildman–Crippen LogP) is 4.12. The normalized spacial score (nSPS) is 10.9. The van der Waals surface area contributed by atoms with Crippen LogP contribution in [-0.2, 0) is 6.42 Å². The van der Waals surface area contributed by atoms with Crippen LogP contribution >= 0.6 is 0 Å². The molecule has 17 heavy (non-hydrogen) atoms. The molecule has 0 aliphatic carbocycles. The molecule has 1 aromatic carbocycles. The van der Waals surface area contributed by atoms with Crippen LogP contribution in [0, 0.1) is 6.92 Å². The van der Waals surface area contributed by atoms with E-state index in [9.17, 15) is 0 Å². The standard InChI is InChI=1S/C16H17N/c1-3-14-12-17-11-10-16(14)9-8-15-7-5-4-6-13(15)2/h4-12H,3H2,1-2H3/b9-8-. The van der Waals surface area contributed by atoms with E-state index < -0.39 is 0 Å². The molecule has 0 atom stereocenters. The Bertz CT molecular complexity index is 527. The van der Waals surface area contributed by atoms with Gasteiger partial charge < -0.3 is 0 Å². The maximum absolute atomic E-state index is 4.15. The van der Waals surface area contributed by atoms with Gasteiger partial charge in [-0.1, -0.05) is 43.3 Å². The number of hydrogen-bond donors (Lipinski definition) is 0. The smallest absolute Gasteiger partial charge is 0.0305 e. The summed E-state index contributed by atoms with van der Waals surface area (Å²) in [5.74, 6) is 0. The summed E-state index contributed by atoms with van der Waals surface area (Å²) in [4.78, 5) is 4.15. The van der Waals surface area contributed by atoms with E-state index in [0.29, 0.717) is 0 Å². The van der Waals surface area contributed by atoms with Gasteiger partial charge in [-0.25, -0.2) is 0 Å². The largest absolute Gasteiger partial charge is 0.264 e. The number of nitrogens with zero attached hydrogens (tertiary/aromatic N) is 1. The molecule has 0 radical (unpaired) electrons. The van der Waals surface area contributed by atoms with Gasteiger partial charge in [0.25, 0.3) is 0 Å². The number of aryl methyl sites for hydroxylation is 2. The topological polar surface area (TPSA) is 12.9 Å². The molecule has 0 fully saturated rings. The Balaban J connectivity index is 2.29. The van der Waals surface area contributed by atoms with Crippen LogP contribution in [0.25, 0.3) is 12.2 Å². The molecule has 0 saturated carbocycles. The monoisotopic (exact) mass is 223 g/mol. The Kier molecular flexibility index (Phi) is 3.71. The zero-order valence-corrected chi connectivity index (χ0v) is 10.4. The molecule has 2 rings (SSSR count). The number of hydrogen-bond acceptors (Lipinski definition) is 1. The molecular formula is C16H17N. The van der Waals surface area contributed by atoms with Gasteiger partial charge in [-0.3, -0.25) is 4.98 Å². The first-order valence-electron chi connectivity index (χ1n) is 5.98. The first-order chi connectivity index (χ1) is 8.31. The minimum absolute atomic E-state index is 1.02. The summed E-state index contributed by atoms with van der Waals surface area (Å²) in [6.45, 7) is 4.29. The zero-order valence-electron chi connectivity index (χ0n) is 10.4. The van der Waals surface area contributed by atoms with Gasteiger partial charge in [0.1, 0.15) is 0 Å². The highest BCUT2D eigenvalue weighted by Gasteiger charge is 1.96. The molecule has 0 unspecified atom stereocenters. The molecular weight excluding hydrogens is 206 g/mol. The van der Waals surface area contributed by atoms with Crippen molar-refractivity contribution in [3.8, 4) is 0 Å². The molecule has 0 amide bonds. The zero-order chi connectivity index (χ0) is 12.1. The quantitative estimate of drug-likeness (QED) is 0.762. The SMILES string of the molecule is CCc1cnccc1/C=C\c1ccccc1C. The van der Waals surface area contributed by atoms with Crippen molar-refractivity contribution in [2.24, 2.45) is 0 Å². The molecule has 1 heterocycles. The van der Waals surface area contributed by atoms with E-state index in [0.717, 1.165) is 6.42 Å². The van der Waals surface area contributed by atoms with Crippen molar-refractivity contribution in [2.75, 3.05) is 0 Å². The van der Waals surface area contributed by atoms with Crippen molar-refractivity contribution in [1.29, 1.82) is 0 Å². The van der Waals surface area contributed by atoms with Crippen LogP contribution in [0.1, 0.15) is 29.2 Å². The Morgan fingerprint density at radius 3 is 2.59 bits per heavy atom. The molecule has 1 nitrogen and oxygen atoms in total. The maximum atomic E-state index is 4.15. The van der Waals surface area contributed by atoms with Crippen LogP contribution in [0.3, 0.4) is 0 Å². The summed E-state index contributed by atoms with van der Waals surface area (Å²) in [6, 6.07) is 10.5. The average Bonchev–Trinajstić information content (AvgIpc) is 2.38. The lowest BCUT2D eigenvalue weighted by Crippen LogP contribution is -1.87. The summed E-state index contributed by atoms with van der Waals surface area (Å²) < 4.78 is 0. The van der Waals surface area contributed by atoms with Crippen LogP contribution in [0.4, 0.5) is 0 Å². The number of aromatic nitrogens is 1. The van der Waals surface area contributed by atoms with Gasteiger partial charge in [-0.05, 0) is 41.7 Å². The van der Waals surface area contributed by atoms with Gasteiger partial charge in [-0.15, -0.1) is 0 Å². The fourth-order valence-corrected chi connectivity index (χ4v) is 1.85. The Morgan fingerprint density at radius 1 is 1.06 bits per heavy atom. The van der Waals surface area contributed by atoms with Gasteiger partial charge in [0, 0.05) is 12.4 Å². The Labute approximate surface area is 103 Å². The van der Waals surface area contributed by atoms with Crippen LogP contribution < -0.4 is 0 Å². The van der Waals surface area contributed by atoms with Crippen LogP contribution in [0.5, 0.6) is 0 Å². The second-order valence-corrected chi connectivity index (χ2v) is 4.12. The second-order valence-electron chi connectivity index (χ2n) is 4.12.